The van der Waals surface area contributed by atoms with Crippen LogP contribution in [-0.4, -0.2) is 50.2 Å². The fourth-order valence-corrected chi connectivity index (χ4v) is 11.4. The Morgan fingerprint density at radius 1 is 1.17 bits per heavy atom. The van der Waals surface area contributed by atoms with Crippen LogP contribution in [0.3, 0.4) is 0 Å². The van der Waals surface area contributed by atoms with Gasteiger partial charge in [0.05, 0.1) is 0 Å². The molecule has 3 aromatic rings. The fraction of sp³-hybridized carbons (Fsp3) is 0.400. The number of hydrogen-bond donors (Lipinski definition) is 2. The van der Waals surface area contributed by atoms with E-state index in [1.807, 2.05) is 6.07 Å². The van der Waals surface area contributed by atoms with Crippen molar-refractivity contribution in [2.75, 3.05) is 15.4 Å². The number of benzene rings is 1. The molecule has 0 saturated carbocycles. The molecule has 3 atom stereocenters. The molecule has 1 fully saturated rings. The summed E-state index contributed by atoms with van der Waals surface area (Å²) in [7, 11) is -3.94. The Morgan fingerprint density at radius 3 is 2.56 bits per heavy atom. The molecule has 1 saturated heterocycles. The molecule has 1 aromatic carbocycles. The predicted molar refractivity (Wildman–Crippen MR) is 126 cm³/mol. The third-order valence-corrected chi connectivity index (χ3v) is 11.9. The topological polar surface area (TPSA) is 105 Å². The monoisotopic (exact) mass is 627 g/mol. The summed E-state index contributed by atoms with van der Waals surface area (Å²) in [6.07, 6.45) is -0.838. The van der Waals surface area contributed by atoms with E-state index in [1.54, 1.807) is 12.1 Å². The number of aromatic nitrogens is 3. The zero-order chi connectivity index (χ0) is 25.9. The Hall–Kier alpha value is -2.09. The number of alkyl halides is 2. The van der Waals surface area contributed by atoms with E-state index in [0.29, 0.717) is 11.4 Å². The maximum absolute atomic E-state index is 14.5. The van der Waals surface area contributed by atoms with Crippen LogP contribution in [0.15, 0.2) is 47.5 Å². The molecule has 0 radical (unpaired) electrons. The van der Waals surface area contributed by atoms with Crippen molar-refractivity contribution in [2.24, 2.45) is 5.41 Å². The summed E-state index contributed by atoms with van der Waals surface area (Å²) in [5.41, 5.74) is 1.08. The Labute approximate surface area is 219 Å². The van der Waals surface area contributed by atoms with E-state index < -0.39 is 33.2 Å². The summed E-state index contributed by atoms with van der Waals surface area (Å²) >= 11 is -0.273. The van der Waals surface area contributed by atoms with E-state index in [1.165, 1.54) is 31.2 Å². The Kier molecular flexibility index (Phi) is 6.41. The molecular formula is C25H26F2IN4O3S-. The van der Waals surface area contributed by atoms with E-state index in [9.17, 15) is 22.3 Å². The first-order valence-corrected chi connectivity index (χ1v) is 16.0. The van der Waals surface area contributed by atoms with Crippen LogP contribution in [0.5, 0.6) is 0 Å². The third kappa shape index (κ3) is 3.86. The molecule has 0 spiro atoms. The van der Waals surface area contributed by atoms with Crippen LogP contribution in [0.2, 0.25) is 0 Å². The summed E-state index contributed by atoms with van der Waals surface area (Å²) in [6.45, 7) is 5.62. The van der Waals surface area contributed by atoms with Crippen LogP contribution in [0, 0.1) is 17.0 Å². The van der Waals surface area contributed by atoms with Gasteiger partial charge >= 0.3 is 220 Å². The molecule has 2 N–H and O–H groups in total. The first kappa shape index (κ1) is 25.6. The van der Waals surface area contributed by atoms with Crippen LogP contribution in [0.1, 0.15) is 43.6 Å². The van der Waals surface area contributed by atoms with Gasteiger partial charge in [-0.15, -0.1) is 0 Å². The Balaban J connectivity index is 1.66. The molecule has 36 heavy (non-hydrogen) atoms. The minimum absolute atomic E-state index is 0.0774. The van der Waals surface area contributed by atoms with Gasteiger partial charge in [0.1, 0.15) is 0 Å². The molecule has 0 amide bonds. The molecule has 0 unspecified atom stereocenters. The van der Waals surface area contributed by atoms with Crippen LogP contribution < -0.4 is 25.9 Å². The van der Waals surface area contributed by atoms with Crippen molar-refractivity contribution < 1.29 is 43.5 Å². The Morgan fingerprint density at radius 2 is 1.86 bits per heavy atom. The van der Waals surface area contributed by atoms with E-state index in [2.05, 4.69) is 33.8 Å². The molecular weight excluding hydrogens is 601 g/mol. The van der Waals surface area contributed by atoms with Gasteiger partial charge in [-0.05, 0) is 0 Å². The molecule has 1 aliphatic heterocycles. The second-order valence-electron chi connectivity index (χ2n) is 9.85. The van der Waals surface area contributed by atoms with Gasteiger partial charge in [-0.3, -0.25) is 0 Å². The van der Waals surface area contributed by atoms with Crippen LogP contribution in [-0.2, 0) is 15.4 Å². The van der Waals surface area contributed by atoms with E-state index in [-0.39, 0.29) is 55.4 Å². The first-order valence-electron chi connectivity index (χ1n) is 11.5. The van der Waals surface area contributed by atoms with E-state index in [0.717, 1.165) is 14.4 Å². The fourth-order valence-electron chi connectivity index (χ4n) is 5.30. The van der Waals surface area contributed by atoms with Crippen molar-refractivity contribution >= 4 is 10.0 Å². The second kappa shape index (κ2) is 9.03. The van der Waals surface area contributed by atoms with Crippen LogP contribution in [0.4, 0.5) is 8.78 Å². The van der Waals surface area contributed by atoms with Crippen molar-refractivity contribution in [1.82, 2.24) is 19.9 Å². The van der Waals surface area contributed by atoms with Gasteiger partial charge in [-0.25, -0.2) is 0 Å². The number of halogens is 3. The normalized spacial score (nSPS) is 23.6. The number of pyridine rings is 1. The van der Waals surface area contributed by atoms with Crippen molar-refractivity contribution in [2.45, 2.75) is 43.2 Å². The van der Waals surface area contributed by atoms with Crippen molar-refractivity contribution in [3.63, 3.8) is 0 Å². The predicted octanol–water partition coefficient (Wildman–Crippen LogP) is -0.0120. The van der Waals surface area contributed by atoms with Gasteiger partial charge in [0.2, 0.25) is 0 Å². The molecule has 7 nitrogen and oxygen atoms in total. The number of aliphatic hydroxyl groups excluding tert-OH is 1. The van der Waals surface area contributed by atoms with E-state index in [4.69, 9.17) is 0 Å². The van der Waals surface area contributed by atoms with Gasteiger partial charge < -0.3 is 0 Å². The number of fused-ring (bicyclic) bond motifs is 5. The molecule has 2 aromatic heterocycles. The molecule has 2 aliphatic rings. The Bertz CT molecular complexity index is 1430. The SMILES string of the molecule is C[C@@H](O)CNS(=O)(=O)c1cccc([C@@]23C[I-]C[C@@H](c4cc(-c5c(F)cccc5F)nnc42)C3(C)C)n1. The average molecular weight is 627 g/mol. The third-order valence-electron chi connectivity index (χ3n) is 7.36. The molecule has 2 bridgehead atoms. The molecule has 11 heteroatoms. The average Bonchev–Trinajstić information content (AvgIpc) is 2.93. The number of hydrogen-bond acceptors (Lipinski definition) is 6. The standard InChI is InChI=1S/C25H26F2IN4O3S/c1-14(33)12-29-36(34,35)21-9-5-8-20(30-21)25-13-28-11-16(24(25,2)3)15-10-19(31-32-23(15)25)22-17(26)6-4-7-18(22)27/h4-10,14,16,29,33H,11-13H2,1-3H3/q-1/t14-,16+,25+/m1/s1. The quantitative estimate of drug-likeness (QED) is 0.295. The number of nitrogens with one attached hydrogen (secondary N) is 1. The number of aliphatic hydroxyl groups is 1. The number of rotatable bonds is 6. The van der Waals surface area contributed by atoms with Crippen LogP contribution >= 0.6 is 0 Å². The molecule has 5 rings (SSSR count). The maximum atomic E-state index is 14.5. The summed E-state index contributed by atoms with van der Waals surface area (Å²) in [5, 5.41) is 18.2. The summed E-state index contributed by atoms with van der Waals surface area (Å²) in [4.78, 5) is 4.62. The number of sulfonamides is 1. The summed E-state index contributed by atoms with van der Waals surface area (Å²) in [6, 6.07) is 10.4. The van der Waals surface area contributed by atoms with Gasteiger partial charge in [0, 0.05) is 0 Å². The van der Waals surface area contributed by atoms with Crippen molar-refractivity contribution in [3.8, 4) is 11.3 Å². The number of nitrogens with zero attached hydrogens (tertiary/aromatic N) is 3. The van der Waals surface area contributed by atoms with Crippen LogP contribution in [0.25, 0.3) is 11.3 Å². The first-order chi connectivity index (χ1) is 17.0. The van der Waals surface area contributed by atoms with Gasteiger partial charge in [-0.2, -0.15) is 0 Å². The molecule has 192 valence electrons. The minimum atomic E-state index is -3.94. The van der Waals surface area contributed by atoms with Crippen molar-refractivity contribution in [1.29, 1.82) is 0 Å². The van der Waals surface area contributed by atoms with Crippen molar-refractivity contribution in [3.05, 3.63) is 71.1 Å². The zero-order valence-corrected chi connectivity index (χ0v) is 22.9. The summed E-state index contributed by atoms with van der Waals surface area (Å²) in [5.74, 6) is -1.32. The zero-order valence-electron chi connectivity index (χ0n) is 20.0. The van der Waals surface area contributed by atoms with E-state index >= 15 is 0 Å². The van der Waals surface area contributed by atoms with Gasteiger partial charge in [0.15, 0.2) is 0 Å². The summed E-state index contributed by atoms with van der Waals surface area (Å²) < 4.78 is 58.9. The molecule has 3 heterocycles. The van der Waals surface area contributed by atoms with Gasteiger partial charge in [-0.1, -0.05) is 0 Å². The van der Waals surface area contributed by atoms with Gasteiger partial charge in [0.25, 0.3) is 0 Å². The molecule has 1 aliphatic carbocycles. The second-order valence-corrected chi connectivity index (χ2v) is 14.3.